The SMILES string of the molecule is CC1COCCN1c1cc(-c2n[nH]c3ccc(OC(F)(F)F)cc23)n[nH]c1=O. The van der Waals surface area contributed by atoms with E-state index in [2.05, 4.69) is 25.1 Å². The van der Waals surface area contributed by atoms with Gasteiger partial charge < -0.3 is 14.4 Å². The minimum Gasteiger partial charge on any atom is -0.406 e. The molecule has 1 aliphatic heterocycles. The normalized spacial score (nSPS) is 17.9. The Labute approximate surface area is 156 Å². The second-order valence-electron chi connectivity index (χ2n) is 6.41. The van der Waals surface area contributed by atoms with Gasteiger partial charge in [0.25, 0.3) is 5.56 Å². The Balaban J connectivity index is 1.76. The van der Waals surface area contributed by atoms with Gasteiger partial charge in [-0.2, -0.15) is 10.2 Å². The number of aromatic nitrogens is 4. The Morgan fingerprint density at radius 3 is 2.82 bits per heavy atom. The molecule has 0 aliphatic carbocycles. The van der Waals surface area contributed by atoms with Crippen molar-refractivity contribution in [2.24, 2.45) is 0 Å². The number of hydrogen-bond acceptors (Lipinski definition) is 6. The van der Waals surface area contributed by atoms with Gasteiger partial charge in [0.1, 0.15) is 22.8 Å². The molecule has 2 N–H and O–H groups in total. The van der Waals surface area contributed by atoms with E-state index in [0.29, 0.717) is 47.7 Å². The summed E-state index contributed by atoms with van der Waals surface area (Å²) in [6.07, 6.45) is -4.80. The van der Waals surface area contributed by atoms with Crippen LogP contribution in [0.3, 0.4) is 0 Å². The van der Waals surface area contributed by atoms with E-state index in [0.717, 1.165) is 0 Å². The molecule has 11 heteroatoms. The van der Waals surface area contributed by atoms with Crippen LogP contribution in [0, 0.1) is 0 Å². The number of halogens is 3. The molecule has 3 heterocycles. The van der Waals surface area contributed by atoms with Gasteiger partial charge in [0, 0.05) is 18.0 Å². The first-order valence-corrected chi connectivity index (χ1v) is 8.50. The Kier molecular flexibility index (Phi) is 4.46. The number of hydrogen-bond donors (Lipinski definition) is 2. The zero-order valence-corrected chi connectivity index (χ0v) is 14.7. The fraction of sp³-hybridized carbons (Fsp3) is 0.353. The van der Waals surface area contributed by atoms with Crippen molar-refractivity contribution in [3.05, 3.63) is 34.6 Å². The van der Waals surface area contributed by atoms with E-state index in [1.165, 1.54) is 18.2 Å². The number of fused-ring (bicyclic) bond motifs is 1. The molecule has 28 heavy (non-hydrogen) atoms. The summed E-state index contributed by atoms with van der Waals surface area (Å²) in [5, 5.41) is 13.7. The van der Waals surface area contributed by atoms with Crippen molar-refractivity contribution in [3.63, 3.8) is 0 Å². The van der Waals surface area contributed by atoms with E-state index < -0.39 is 6.36 Å². The Bertz CT molecular complexity index is 1060. The summed E-state index contributed by atoms with van der Waals surface area (Å²) < 4.78 is 46.9. The first-order chi connectivity index (χ1) is 13.3. The molecule has 3 aromatic rings. The number of nitrogens with zero attached hydrogens (tertiary/aromatic N) is 3. The minimum atomic E-state index is -4.80. The van der Waals surface area contributed by atoms with E-state index in [-0.39, 0.29) is 17.4 Å². The maximum Gasteiger partial charge on any atom is 0.573 e. The number of H-pyrrole nitrogens is 2. The van der Waals surface area contributed by atoms with Gasteiger partial charge in [-0.25, -0.2) is 5.10 Å². The predicted molar refractivity (Wildman–Crippen MR) is 94.3 cm³/mol. The van der Waals surface area contributed by atoms with Gasteiger partial charge in [-0.05, 0) is 31.2 Å². The highest BCUT2D eigenvalue weighted by atomic mass is 19.4. The smallest absolute Gasteiger partial charge is 0.406 e. The molecule has 1 fully saturated rings. The zero-order valence-electron chi connectivity index (χ0n) is 14.7. The number of benzene rings is 1. The maximum atomic E-state index is 12.5. The summed E-state index contributed by atoms with van der Waals surface area (Å²) in [5.74, 6) is -0.367. The number of ether oxygens (including phenoxy) is 2. The third-order valence-corrected chi connectivity index (χ3v) is 4.47. The Hall–Kier alpha value is -3.08. The van der Waals surface area contributed by atoms with E-state index in [1.807, 2.05) is 11.8 Å². The van der Waals surface area contributed by atoms with Crippen molar-refractivity contribution < 1.29 is 22.6 Å². The number of rotatable bonds is 3. The molecule has 0 spiro atoms. The number of nitrogens with one attached hydrogen (secondary N) is 2. The molecule has 2 aromatic heterocycles. The zero-order chi connectivity index (χ0) is 19.9. The van der Waals surface area contributed by atoms with Crippen molar-refractivity contribution in [2.45, 2.75) is 19.3 Å². The molecule has 0 saturated carbocycles. The van der Waals surface area contributed by atoms with E-state index >= 15 is 0 Å². The highest BCUT2D eigenvalue weighted by Gasteiger charge is 2.31. The summed E-state index contributed by atoms with van der Waals surface area (Å²) in [4.78, 5) is 14.2. The summed E-state index contributed by atoms with van der Waals surface area (Å²) in [6.45, 7) is 3.45. The molecule has 1 aromatic carbocycles. The number of alkyl halides is 3. The van der Waals surface area contributed by atoms with Crippen LogP contribution in [-0.4, -0.2) is 52.6 Å². The summed E-state index contributed by atoms with van der Waals surface area (Å²) in [7, 11) is 0. The highest BCUT2D eigenvalue weighted by Crippen LogP contribution is 2.31. The lowest BCUT2D eigenvalue weighted by Gasteiger charge is -2.34. The summed E-state index contributed by atoms with van der Waals surface area (Å²) >= 11 is 0. The molecule has 0 radical (unpaired) electrons. The van der Waals surface area contributed by atoms with Crippen molar-refractivity contribution in [1.29, 1.82) is 0 Å². The van der Waals surface area contributed by atoms with Crippen LogP contribution in [0.1, 0.15) is 6.92 Å². The molecule has 148 valence electrons. The van der Waals surface area contributed by atoms with E-state index in [4.69, 9.17) is 4.74 Å². The van der Waals surface area contributed by atoms with Crippen LogP contribution in [0.2, 0.25) is 0 Å². The number of anilines is 1. The van der Waals surface area contributed by atoms with Crippen LogP contribution in [0.5, 0.6) is 5.75 Å². The van der Waals surface area contributed by atoms with Gasteiger partial charge in [0.15, 0.2) is 0 Å². The number of aromatic amines is 2. The summed E-state index contributed by atoms with van der Waals surface area (Å²) in [6, 6.07) is 5.43. The first-order valence-electron chi connectivity index (χ1n) is 8.50. The van der Waals surface area contributed by atoms with Crippen LogP contribution >= 0.6 is 0 Å². The largest absolute Gasteiger partial charge is 0.573 e. The highest BCUT2D eigenvalue weighted by molar-refractivity contribution is 5.93. The average Bonchev–Trinajstić information content (AvgIpc) is 3.05. The molecule has 8 nitrogen and oxygen atoms in total. The first kappa shape index (κ1) is 18.3. The van der Waals surface area contributed by atoms with Crippen molar-refractivity contribution >= 4 is 16.6 Å². The predicted octanol–water partition coefficient (Wildman–Crippen LogP) is 2.44. The third kappa shape index (κ3) is 3.52. The second-order valence-corrected chi connectivity index (χ2v) is 6.41. The van der Waals surface area contributed by atoms with Gasteiger partial charge in [0.2, 0.25) is 0 Å². The van der Waals surface area contributed by atoms with Crippen LogP contribution < -0.4 is 15.2 Å². The molecule has 1 aliphatic rings. The maximum absolute atomic E-state index is 12.5. The van der Waals surface area contributed by atoms with Crippen LogP contribution in [-0.2, 0) is 4.74 Å². The van der Waals surface area contributed by atoms with Crippen LogP contribution in [0.25, 0.3) is 22.3 Å². The van der Waals surface area contributed by atoms with Crippen molar-refractivity contribution in [2.75, 3.05) is 24.7 Å². The molecule has 1 atom stereocenters. The molecule has 1 unspecified atom stereocenters. The molecule has 0 amide bonds. The van der Waals surface area contributed by atoms with Crippen molar-refractivity contribution in [3.8, 4) is 17.1 Å². The average molecular weight is 395 g/mol. The number of morpholine rings is 1. The molecular formula is C17H16F3N5O3. The van der Waals surface area contributed by atoms with Gasteiger partial charge in [-0.1, -0.05) is 0 Å². The van der Waals surface area contributed by atoms with Gasteiger partial charge in [-0.3, -0.25) is 9.89 Å². The molecule has 0 bridgehead atoms. The van der Waals surface area contributed by atoms with Crippen LogP contribution in [0.15, 0.2) is 29.1 Å². The fourth-order valence-corrected chi connectivity index (χ4v) is 3.20. The van der Waals surface area contributed by atoms with Crippen molar-refractivity contribution in [1.82, 2.24) is 20.4 Å². The lowest BCUT2D eigenvalue weighted by Crippen LogP contribution is -2.46. The lowest BCUT2D eigenvalue weighted by molar-refractivity contribution is -0.274. The Morgan fingerprint density at radius 1 is 1.25 bits per heavy atom. The minimum absolute atomic E-state index is 0.00665. The fourth-order valence-electron chi connectivity index (χ4n) is 3.20. The van der Waals surface area contributed by atoms with Gasteiger partial charge in [-0.15, -0.1) is 13.2 Å². The van der Waals surface area contributed by atoms with Crippen LogP contribution in [0.4, 0.5) is 18.9 Å². The monoisotopic (exact) mass is 395 g/mol. The molecule has 4 rings (SSSR count). The van der Waals surface area contributed by atoms with E-state index in [1.54, 1.807) is 6.07 Å². The standard InChI is InChI=1S/C17H16F3N5O3/c1-9-8-27-5-4-25(9)14-7-13(22-24-16(14)26)15-11-6-10(28-17(18,19)20)2-3-12(11)21-23-15/h2-3,6-7,9H,4-5,8H2,1H3,(H,21,23)(H,24,26). The quantitative estimate of drug-likeness (QED) is 0.707. The van der Waals surface area contributed by atoms with E-state index in [9.17, 15) is 18.0 Å². The topological polar surface area (TPSA) is 96.1 Å². The lowest BCUT2D eigenvalue weighted by atomic mass is 10.1. The molecule has 1 saturated heterocycles. The summed E-state index contributed by atoms with van der Waals surface area (Å²) in [5.41, 5.74) is 1.18. The van der Waals surface area contributed by atoms with Gasteiger partial charge >= 0.3 is 6.36 Å². The second kappa shape index (κ2) is 6.82. The third-order valence-electron chi connectivity index (χ3n) is 4.47. The Morgan fingerprint density at radius 2 is 2.07 bits per heavy atom. The molecular weight excluding hydrogens is 379 g/mol. The van der Waals surface area contributed by atoms with Gasteiger partial charge in [0.05, 0.1) is 18.7 Å².